The highest BCUT2D eigenvalue weighted by molar-refractivity contribution is 14.1. The van der Waals surface area contributed by atoms with E-state index < -0.39 is 0 Å². The maximum atomic E-state index is 3.52. The molecule has 0 aliphatic rings. The van der Waals surface area contributed by atoms with Crippen LogP contribution in [-0.4, -0.2) is 6.54 Å². The number of hydrogen-bond acceptors (Lipinski definition) is 1. The minimum atomic E-state index is 0.315. The molecule has 0 aliphatic carbocycles. The van der Waals surface area contributed by atoms with E-state index in [1.165, 1.54) is 9.26 Å². The van der Waals surface area contributed by atoms with Crippen molar-refractivity contribution >= 4 is 44.2 Å². The van der Waals surface area contributed by atoms with E-state index in [2.05, 4.69) is 82.8 Å². The number of halogens is 2. The normalized spacial score (nSPS) is 11.5. The Bertz CT molecular complexity index is 318. The van der Waals surface area contributed by atoms with Crippen molar-refractivity contribution in [3.05, 3.63) is 26.2 Å². The summed E-state index contributed by atoms with van der Waals surface area (Å²) in [6.45, 7) is 7.66. The highest BCUT2D eigenvalue weighted by Crippen LogP contribution is 2.23. The minimum absolute atomic E-state index is 0.315. The molecule has 0 bridgehead atoms. The summed E-state index contributed by atoms with van der Waals surface area (Å²) in [5, 5.41) is 3.42. The van der Waals surface area contributed by atoms with Gasteiger partial charge in [0.1, 0.15) is 0 Å². The Morgan fingerprint density at radius 3 is 2.50 bits per heavy atom. The van der Waals surface area contributed by atoms with Gasteiger partial charge in [0.25, 0.3) is 0 Å². The second-order valence-electron chi connectivity index (χ2n) is 4.54. The van der Waals surface area contributed by atoms with Crippen molar-refractivity contribution in [1.29, 1.82) is 0 Å². The molecule has 0 fully saturated rings. The third-order valence-corrected chi connectivity index (χ3v) is 4.08. The summed E-state index contributed by atoms with van der Waals surface area (Å²) in [5.41, 5.74) is 1.49. The topological polar surface area (TPSA) is 12.0 Å². The lowest BCUT2D eigenvalue weighted by Gasteiger charge is -2.19. The Balaban J connectivity index is 2.65. The molecule has 0 unspecified atom stereocenters. The van der Waals surface area contributed by atoms with E-state index in [0.717, 1.165) is 11.0 Å². The quantitative estimate of drug-likeness (QED) is 0.758. The molecule has 0 spiro atoms. The third-order valence-electron chi connectivity index (χ3n) is 1.74. The second kappa shape index (κ2) is 4.84. The van der Waals surface area contributed by atoms with Crippen LogP contribution in [0.5, 0.6) is 0 Å². The van der Waals surface area contributed by atoms with E-state index in [9.17, 15) is 0 Å². The predicted molar refractivity (Wildman–Crippen MR) is 74.8 cm³/mol. The van der Waals surface area contributed by atoms with Gasteiger partial charge in [0.05, 0.1) is 0 Å². The van der Waals surface area contributed by atoms with Gasteiger partial charge < -0.3 is 5.32 Å². The molecule has 0 aliphatic heterocycles. The molecule has 3 heteroatoms. The first-order chi connectivity index (χ1) is 6.38. The van der Waals surface area contributed by atoms with Gasteiger partial charge >= 0.3 is 0 Å². The standard InChI is InChI=1S/C11H15BrIN/c1-11(2,3)7-14-8-4-5-10(13)9(12)6-8/h4-6,14H,7H2,1-3H3. The zero-order valence-electron chi connectivity index (χ0n) is 8.70. The molecule has 0 atom stereocenters. The molecule has 14 heavy (non-hydrogen) atoms. The summed E-state index contributed by atoms with van der Waals surface area (Å²) in [7, 11) is 0. The lowest BCUT2D eigenvalue weighted by Crippen LogP contribution is -2.18. The van der Waals surface area contributed by atoms with E-state index in [1.54, 1.807) is 0 Å². The summed E-state index contributed by atoms with van der Waals surface area (Å²) in [5.74, 6) is 0. The van der Waals surface area contributed by atoms with E-state index in [-0.39, 0.29) is 0 Å². The van der Waals surface area contributed by atoms with Crippen LogP contribution in [0, 0.1) is 8.99 Å². The lowest BCUT2D eigenvalue weighted by atomic mass is 9.97. The molecular weight excluding hydrogens is 353 g/mol. The minimum Gasteiger partial charge on any atom is -0.384 e. The van der Waals surface area contributed by atoms with Crippen molar-refractivity contribution in [2.45, 2.75) is 20.8 Å². The molecule has 1 N–H and O–H groups in total. The first-order valence-corrected chi connectivity index (χ1v) is 6.44. The maximum Gasteiger partial charge on any atom is 0.0352 e. The number of benzene rings is 1. The van der Waals surface area contributed by atoms with Crippen LogP contribution >= 0.6 is 38.5 Å². The van der Waals surface area contributed by atoms with E-state index in [1.807, 2.05) is 0 Å². The van der Waals surface area contributed by atoms with Gasteiger partial charge in [-0.05, 0) is 62.1 Å². The molecule has 1 nitrogen and oxygen atoms in total. The Morgan fingerprint density at radius 2 is 2.00 bits per heavy atom. The van der Waals surface area contributed by atoms with E-state index in [0.29, 0.717) is 5.41 Å². The van der Waals surface area contributed by atoms with Crippen molar-refractivity contribution in [2.75, 3.05) is 11.9 Å². The number of hydrogen-bond donors (Lipinski definition) is 1. The molecule has 78 valence electrons. The van der Waals surface area contributed by atoms with E-state index in [4.69, 9.17) is 0 Å². The lowest BCUT2D eigenvalue weighted by molar-refractivity contribution is 0.443. The molecular formula is C11H15BrIN. The van der Waals surface area contributed by atoms with Crippen LogP contribution in [0.2, 0.25) is 0 Å². The van der Waals surface area contributed by atoms with Crippen LogP contribution < -0.4 is 5.32 Å². The van der Waals surface area contributed by atoms with Gasteiger partial charge in [0, 0.05) is 20.3 Å². The number of anilines is 1. The molecule has 0 saturated carbocycles. The SMILES string of the molecule is CC(C)(C)CNc1ccc(I)c(Br)c1. The van der Waals surface area contributed by atoms with Gasteiger partial charge in [-0.2, -0.15) is 0 Å². The monoisotopic (exact) mass is 367 g/mol. The third kappa shape index (κ3) is 4.17. The van der Waals surface area contributed by atoms with Gasteiger partial charge in [-0.1, -0.05) is 20.8 Å². The highest BCUT2D eigenvalue weighted by Gasteiger charge is 2.09. The molecule has 0 aromatic heterocycles. The van der Waals surface area contributed by atoms with Crippen LogP contribution in [-0.2, 0) is 0 Å². The Morgan fingerprint density at radius 1 is 1.36 bits per heavy atom. The molecule has 0 radical (unpaired) electrons. The number of rotatable bonds is 2. The first-order valence-electron chi connectivity index (χ1n) is 4.57. The van der Waals surface area contributed by atoms with Crippen molar-refractivity contribution in [1.82, 2.24) is 0 Å². The van der Waals surface area contributed by atoms with Crippen LogP contribution in [0.15, 0.2) is 22.7 Å². The van der Waals surface area contributed by atoms with Gasteiger partial charge in [0.2, 0.25) is 0 Å². The van der Waals surface area contributed by atoms with Crippen molar-refractivity contribution < 1.29 is 0 Å². The smallest absolute Gasteiger partial charge is 0.0352 e. The second-order valence-corrected chi connectivity index (χ2v) is 6.56. The van der Waals surface area contributed by atoms with Crippen LogP contribution in [0.3, 0.4) is 0 Å². The summed E-state index contributed by atoms with van der Waals surface area (Å²) < 4.78 is 2.39. The summed E-state index contributed by atoms with van der Waals surface area (Å²) in [6.07, 6.45) is 0. The first kappa shape index (κ1) is 12.3. The van der Waals surface area contributed by atoms with E-state index >= 15 is 0 Å². The van der Waals surface area contributed by atoms with Crippen molar-refractivity contribution in [3.8, 4) is 0 Å². The van der Waals surface area contributed by atoms with Crippen LogP contribution in [0.25, 0.3) is 0 Å². The number of nitrogens with one attached hydrogen (secondary N) is 1. The molecule has 1 aromatic carbocycles. The Labute approximate surface area is 108 Å². The van der Waals surface area contributed by atoms with Gasteiger partial charge in [-0.3, -0.25) is 0 Å². The van der Waals surface area contributed by atoms with Crippen LogP contribution in [0.4, 0.5) is 5.69 Å². The van der Waals surface area contributed by atoms with Crippen molar-refractivity contribution in [3.63, 3.8) is 0 Å². The van der Waals surface area contributed by atoms with Gasteiger partial charge in [-0.25, -0.2) is 0 Å². The summed E-state index contributed by atoms with van der Waals surface area (Å²) in [4.78, 5) is 0. The molecule has 1 aromatic rings. The molecule has 0 heterocycles. The fourth-order valence-electron chi connectivity index (χ4n) is 0.973. The zero-order chi connectivity index (χ0) is 10.8. The highest BCUT2D eigenvalue weighted by atomic mass is 127. The average Bonchev–Trinajstić information content (AvgIpc) is 2.06. The average molecular weight is 368 g/mol. The fraction of sp³-hybridized carbons (Fsp3) is 0.455. The molecule has 0 amide bonds. The largest absolute Gasteiger partial charge is 0.384 e. The summed E-state index contributed by atoms with van der Waals surface area (Å²) in [6, 6.07) is 6.33. The Kier molecular flexibility index (Phi) is 4.25. The predicted octanol–water partition coefficient (Wildman–Crippen LogP) is 4.51. The zero-order valence-corrected chi connectivity index (χ0v) is 12.4. The van der Waals surface area contributed by atoms with Gasteiger partial charge in [-0.15, -0.1) is 0 Å². The molecule has 1 rings (SSSR count). The van der Waals surface area contributed by atoms with Crippen LogP contribution in [0.1, 0.15) is 20.8 Å². The Hall–Kier alpha value is 0.230. The molecule has 0 saturated heterocycles. The fourth-order valence-corrected chi connectivity index (χ4v) is 1.69. The summed E-state index contributed by atoms with van der Waals surface area (Å²) >= 11 is 5.83. The van der Waals surface area contributed by atoms with Crippen molar-refractivity contribution in [2.24, 2.45) is 5.41 Å². The van der Waals surface area contributed by atoms with Gasteiger partial charge in [0.15, 0.2) is 0 Å². The maximum absolute atomic E-state index is 3.52.